The predicted octanol–water partition coefficient (Wildman–Crippen LogP) is 1.27. The fraction of sp³-hybridized carbons (Fsp3) is 0.474. The topological polar surface area (TPSA) is 65.7 Å². The fourth-order valence-electron chi connectivity index (χ4n) is 3.12. The summed E-state index contributed by atoms with van der Waals surface area (Å²) in [4.78, 5) is 26.5. The minimum absolute atomic E-state index is 0.280. The van der Waals surface area contributed by atoms with E-state index in [-0.39, 0.29) is 11.2 Å². The van der Waals surface area contributed by atoms with Crippen molar-refractivity contribution in [1.29, 1.82) is 0 Å². The van der Waals surface area contributed by atoms with E-state index in [0.717, 1.165) is 34.5 Å². The van der Waals surface area contributed by atoms with Crippen LogP contribution in [0.5, 0.6) is 11.5 Å². The molecule has 2 aromatic rings. The third kappa shape index (κ3) is 3.67. The summed E-state index contributed by atoms with van der Waals surface area (Å²) in [7, 11) is 6.49. The highest BCUT2D eigenvalue weighted by molar-refractivity contribution is 5.40. The third-order valence-corrected chi connectivity index (χ3v) is 4.91. The van der Waals surface area contributed by atoms with Gasteiger partial charge in [0.05, 0.1) is 14.2 Å². The lowest BCUT2D eigenvalue weighted by Gasteiger charge is -2.24. The van der Waals surface area contributed by atoms with Gasteiger partial charge in [0, 0.05) is 50.6 Å². The van der Waals surface area contributed by atoms with E-state index in [9.17, 15) is 9.59 Å². The Labute approximate surface area is 152 Å². The normalized spacial score (nSPS) is 13.9. The lowest BCUT2D eigenvalue weighted by Crippen LogP contribution is -2.39. The Hall–Kier alpha value is -2.54. The van der Waals surface area contributed by atoms with Gasteiger partial charge in [0.2, 0.25) is 0 Å². The molecular weight excluding hydrogens is 334 g/mol. The highest BCUT2D eigenvalue weighted by Crippen LogP contribution is 2.32. The summed E-state index contributed by atoms with van der Waals surface area (Å²) in [5.41, 5.74) is 1.15. The van der Waals surface area contributed by atoms with E-state index in [1.807, 2.05) is 18.2 Å². The van der Waals surface area contributed by atoms with Crippen molar-refractivity contribution >= 4 is 0 Å². The summed E-state index contributed by atoms with van der Waals surface area (Å²) in [5.74, 6) is 1.58. The monoisotopic (exact) mass is 359 g/mol. The smallest absolute Gasteiger partial charge is 0.330 e. The summed E-state index contributed by atoms with van der Waals surface area (Å²) < 4.78 is 13.5. The molecule has 1 aromatic carbocycles. The van der Waals surface area contributed by atoms with Gasteiger partial charge in [-0.05, 0) is 31.0 Å². The average Bonchev–Trinajstić information content (AvgIpc) is 3.48. The zero-order valence-corrected chi connectivity index (χ0v) is 15.7. The van der Waals surface area contributed by atoms with E-state index in [2.05, 4.69) is 4.90 Å². The van der Waals surface area contributed by atoms with Crippen molar-refractivity contribution < 1.29 is 9.47 Å². The third-order valence-electron chi connectivity index (χ3n) is 4.91. The molecule has 0 N–H and O–H groups in total. The molecule has 3 rings (SSSR count). The number of hydrogen-bond acceptors (Lipinski definition) is 5. The first-order valence-electron chi connectivity index (χ1n) is 8.65. The number of methoxy groups -OCH3 is 2. The molecule has 0 aliphatic heterocycles. The van der Waals surface area contributed by atoms with E-state index in [1.165, 1.54) is 7.05 Å². The van der Waals surface area contributed by atoms with Gasteiger partial charge >= 0.3 is 5.69 Å². The Morgan fingerprint density at radius 2 is 1.77 bits per heavy atom. The summed E-state index contributed by atoms with van der Waals surface area (Å²) in [5, 5.41) is 0. The highest BCUT2D eigenvalue weighted by atomic mass is 16.5. The van der Waals surface area contributed by atoms with Crippen LogP contribution >= 0.6 is 0 Å². The van der Waals surface area contributed by atoms with Crippen molar-refractivity contribution in [1.82, 2.24) is 14.0 Å². The molecule has 140 valence electrons. The molecule has 0 amide bonds. The molecule has 0 unspecified atom stereocenters. The average molecular weight is 359 g/mol. The lowest BCUT2D eigenvalue weighted by molar-refractivity contribution is 0.234. The van der Waals surface area contributed by atoms with Gasteiger partial charge < -0.3 is 9.47 Å². The fourth-order valence-corrected chi connectivity index (χ4v) is 3.12. The minimum Gasteiger partial charge on any atom is -0.497 e. The van der Waals surface area contributed by atoms with Crippen molar-refractivity contribution in [3.05, 3.63) is 56.4 Å². The van der Waals surface area contributed by atoms with Gasteiger partial charge in [-0.2, -0.15) is 0 Å². The van der Waals surface area contributed by atoms with Gasteiger partial charge in [0.25, 0.3) is 5.56 Å². The Bertz CT molecular complexity index is 912. The standard InChI is InChI=1S/C19H25N3O4/c1-20-15(10-18(23)21(2)19(20)24)12-22(14-5-6-14)11-13-9-16(25-3)7-8-17(13)26-4/h7-10,14H,5-6,11-12H2,1-4H3. The first-order valence-corrected chi connectivity index (χ1v) is 8.65. The number of nitrogens with zero attached hydrogens (tertiary/aromatic N) is 3. The van der Waals surface area contributed by atoms with Gasteiger partial charge in [-0.25, -0.2) is 4.79 Å². The molecule has 26 heavy (non-hydrogen) atoms. The van der Waals surface area contributed by atoms with Crippen molar-refractivity contribution in [2.24, 2.45) is 14.1 Å². The van der Waals surface area contributed by atoms with Gasteiger partial charge in [0.1, 0.15) is 11.5 Å². The van der Waals surface area contributed by atoms with E-state index in [1.54, 1.807) is 31.9 Å². The van der Waals surface area contributed by atoms with Gasteiger partial charge in [0.15, 0.2) is 0 Å². The summed E-state index contributed by atoms with van der Waals surface area (Å²) >= 11 is 0. The molecule has 0 radical (unpaired) electrons. The van der Waals surface area contributed by atoms with Crippen molar-refractivity contribution in [2.45, 2.75) is 32.0 Å². The van der Waals surface area contributed by atoms with E-state index >= 15 is 0 Å². The zero-order chi connectivity index (χ0) is 18.8. The summed E-state index contributed by atoms with van der Waals surface area (Å²) in [6.45, 7) is 1.20. The molecule has 1 heterocycles. The minimum atomic E-state index is -0.304. The SMILES string of the molecule is COc1ccc(OC)c(CN(Cc2cc(=O)n(C)c(=O)n2C)C2CC2)c1. The molecule has 0 bridgehead atoms. The second-order valence-electron chi connectivity index (χ2n) is 6.69. The maximum absolute atomic E-state index is 12.2. The van der Waals surface area contributed by atoms with Crippen LogP contribution in [0.15, 0.2) is 33.9 Å². The molecule has 0 atom stereocenters. The van der Waals surface area contributed by atoms with Crippen LogP contribution in [-0.4, -0.2) is 34.3 Å². The first kappa shape index (κ1) is 18.3. The molecule has 1 fully saturated rings. The number of rotatable bonds is 7. The molecule has 7 heteroatoms. The number of ether oxygens (including phenoxy) is 2. The number of aromatic nitrogens is 2. The van der Waals surface area contributed by atoms with Crippen molar-refractivity contribution in [2.75, 3.05) is 14.2 Å². The van der Waals surface area contributed by atoms with Crippen molar-refractivity contribution in [3.63, 3.8) is 0 Å². The maximum Gasteiger partial charge on any atom is 0.330 e. The van der Waals surface area contributed by atoms with Crippen LogP contribution < -0.4 is 20.7 Å². The van der Waals surface area contributed by atoms with E-state index < -0.39 is 0 Å². The Kier molecular flexibility index (Phi) is 5.18. The van der Waals surface area contributed by atoms with Crippen LogP contribution in [0, 0.1) is 0 Å². The van der Waals surface area contributed by atoms with Crippen molar-refractivity contribution in [3.8, 4) is 11.5 Å². The second-order valence-corrected chi connectivity index (χ2v) is 6.69. The zero-order valence-electron chi connectivity index (χ0n) is 15.7. The van der Waals surface area contributed by atoms with E-state index in [0.29, 0.717) is 24.8 Å². The second kappa shape index (κ2) is 7.37. The van der Waals surface area contributed by atoms with Crippen LogP contribution in [0.4, 0.5) is 0 Å². The number of benzene rings is 1. The van der Waals surface area contributed by atoms with Crippen LogP contribution in [0.2, 0.25) is 0 Å². The van der Waals surface area contributed by atoms with Crippen LogP contribution in [0.25, 0.3) is 0 Å². The lowest BCUT2D eigenvalue weighted by atomic mass is 10.1. The molecule has 1 saturated carbocycles. The Balaban J connectivity index is 1.91. The van der Waals surface area contributed by atoms with E-state index in [4.69, 9.17) is 9.47 Å². The first-order chi connectivity index (χ1) is 12.4. The number of hydrogen-bond donors (Lipinski definition) is 0. The van der Waals surface area contributed by atoms with Crippen LogP contribution in [0.3, 0.4) is 0 Å². The maximum atomic E-state index is 12.2. The molecule has 0 spiro atoms. The quantitative estimate of drug-likeness (QED) is 0.745. The van der Waals surface area contributed by atoms with Gasteiger partial charge in [-0.3, -0.25) is 18.8 Å². The molecule has 1 aliphatic rings. The van der Waals surface area contributed by atoms with Crippen LogP contribution in [-0.2, 0) is 27.2 Å². The van der Waals surface area contributed by atoms with Gasteiger partial charge in [-0.1, -0.05) is 0 Å². The Morgan fingerprint density at radius 3 is 2.38 bits per heavy atom. The molecule has 1 aromatic heterocycles. The summed E-state index contributed by atoms with van der Waals surface area (Å²) in [6.07, 6.45) is 2.23. The molecular formula is C19H25N3O4. The Morgan fingerprint density at radius 1 is 1.04 bits per heavy atom. The van der Waals surface area contributed by atoms with Crippen LogP contribution in [0.1, 0.15) is 24.1 Å². The molecule has 0 saturated heterocycles. The molecule has 1 aliphatic carbocycles. The highest BCUT2D eigenvalue weighted by Gasteiger charge is 2.30. The largest absolute Gasteiger partial charge is 0.497 e. The summed E-state index contributed by atoms with van der Waals surface area (Å²) in [6, 6.07) is 7.73. The predicted molar refractivity (Wildman–Crippen MR) is 98.7 cm³/mol. The molecule has 7 nitrogen and oxygen atoms in total. The van der Waals surface area contributed by atoms with Gasteiger partial charge in [-0.15, -0.1) is 0 Å².